The van der Waals surface area contributed by atoms with Crippen molar-refractivity contribution in [1.82, 2.24) is 20.4 Å². The van der Waals surface area contributed by atoms with Gasteiger partial charge < -0.3 is 0 Å². The molecule has 0 aliphatic rings. The zero-order valence-corrected chi connectivity index (χ0v) is 12.8. The van der Waals surface area contributed by atoms with Crippen LogP contribution in [0.25, 0.3) is 11.0 Å². The Hall–Kier alpha value is -3.02. The molecule has 6 nitrogen and oxygen atoms in total. The van der Waals surface area contributed by atoms with Crippen molar-refractivity contribution in [3.05, 3.63) is 59.7 Å². The van der Waals surface area contributed by atoms with Crippen LogP contribution in [0.3, 0.4) is 0 Å². The van der Waals surface area contributed by atoms with Crippen LogP contribution in [0.1, 0.15) is 17.5 Å². The highest BCUT2D eigenvalue weighted by Crippen LogP contribution is 2.09. The minimum atomic E-state index is -0.158. The molecule has 3 rings (SSSR count). The monoisotopic (exact) mass is 307 g/mol. The largest absolute Gasteiger partial charge is 0.273 e. The van der Waals surface area contributed by atoms with Gasteiger partial charge in [0, 0.05) is 6.42 Å². The SMILES string of the molecule is Cc1ccccc1C=NNC(=O)CCn1nnc2ccccc21. The van der Waals surface area contributed by atoms with E-state index in [1.807, 2.05) is 55.5 Å². The molecule has 3 aromatic rings. The van der Waals surface area contributed by atoms with Crippen LogP contribution in [0.4, 0.5) is 0 Å². The van der Waals surface area contributed by atoms with Crippen molar-refractivity contribution in [2.24, 2.45) is 5.10 Å². The van der Waals surface area contributed by atoms with E-state index in [2.05, 4.69) is 20.8 Å². The van der Waals surface area contributed by atoms with E-state index in [4.69, 9.17) is 0 Å². The predicted molar refractivity (Wildman–Crippen MR) is 89.1 cm³/mol. The van der Waals surface area contributed by atoms with Crippen molar-refractivity contribution in [1.29, 1.82) is 0 Å². The Kier molecular flexibility index (Phi) is 4.42. The number of carbonyl (C=O) groups is 1. The molecule has 23 heavy (non-hydrogen) atoms. The van der Waals surface area contributed by atoms with Crippen LogP contribution < -0.4 is 5.43 Å². The van der Waals surface area contributed by atoms with Gasteiger partial charge >= 0.3 is 0 Å². The standard InChI is InChI=1S/C17H17N5O/c1-13-6-2-3-7-14(13)12-18-20-17(23)10-11-22-16-9-5-4-8-15(16)19-21-22/h2-9,12H,10-11H2,1H3,(H,20,23). The highest BCUT2D eigenvalue weighted by Gasteiger charge is 2.05. The van der Waals surface area contributed by atoms with Crippen LogP contribution in [-0.4, -0.2) is 27.1 Å². The van der Waals surface area contributed by atoms with Crippen molar-refractivity contribution >= 4 is 23.2 Å². The van der Waals surface area contributed by atoms with Crippen molar-refractivity contribution in [3.8, 4) is 0 Å². The van der Waals surface area contributed by atoms with Gasteiger partial charge in [-0.15, -0.1) is 5.10 Å². The first-order valence-corrected chi connectivity index (χ1v) is 7.40. The van der Waals surface area contributed by atoms with Crippen LogP contribution in [0.15, 0.2) is 53.6 Å². The Bertz CT molecular complexity index is 853. The molecule has 0 unspecified atom stereocenters. The molecule has 0 atom stereocenters. The van der Waals surface area contributed by atoms with E-state index in [1.165, 1.54) is 0 Å². The molecule has 0 aliphatic carbocycles. The lowest BCUT2D eigenvalue weighted by molar-refractivity contribution is -0.121. The highest BCUT2D eigenvalue weighted by atomic mass is 16.2. The maximum Gasteiger partial charge on any atom is 0.241 e. The van der Waals surface area contributed by atoms with Crippen LogP contribution in [0, 0.1) is 6.92 Å². The number of hydrogen-bond donors (Lipinski definition) is 1. The van der Waals surface area contributed by atoms with E-state index < -0.39 is 0 Å². The summed E-state index contributed by atoms with van der Waals surface area (Å²) >= 11 is 0. The van der Waals surface area contributed by atoms with Crippen LogP contribution in [-0.2, 0) is 11.3 Å². The van der Waals surface area contributed by atoms with E-state index in [1.54, 1.807) is 10.9 Å². The number of fused-ring (bicyclic) bond motifs is 1. The number of nitrogens with one attached hydrogen (secondary N) is 1. The van der Waals surface area contributed by atoms with E-state index >= 15 is 0 Å². The van der Waals surface area contributed by atoms with Crippen molar-refractivity contribution < 1.29 is 4.79 Å². The Balaban J connectivity index is 1.55. The zero-order chi connectivity index (χ0) is 16.1. The molecule has 1 N–H and O–H groups in total. The molecule has 0 aliphatic heterocycles. The topological polar surface area (TPSA) is 72.2 Å². The normalized spacial score (nSPS) is 11.2. The minimum Gasteiger partial charge on any atom is -0.273 e. The Morgan fingerprint density at radius 2 is 2.00 bits per heavy atom. The maximum absolute atomic E-state index is 11.9. The minimum absolute atomic E-state index is 0.158. The predicted octanol–water partition coefficient (Wildman–Crippen LogP) is 2.28. The molecule has 1 aromatic heterocycles. The van der Waals surface area contributed by atoms with Gasteiger partial charge in [-0.25, -0.2) is 10.1 Å². The summed E-state index contributed by atoms with van der Waals surface area (Å²) in [6.07, 6.45) is 1.94. The van der Waals surface area contributed by atoms with E-state index in [9.17, 15) is 4.79 Å². The van der Waals surface area contributed by atoms with Gasteiger partial charge in [0.05, 0.1) is 18.3 Å². The molecule has 1 amide bonds. The van der Waals surface area contributed by atoms with Crippen LogP contribution in [0.5, 0.6) is 0 Å². The number of benzene rings is 2. The Morgan fingerprint density at radius 1 is 1.22 bits per heavy atom. The average Bonchev–Trinajstić information content (AvgIpc) is 2.98. The number of hydrazone groups is 1. The Morgan fingerprint density at radius 3 is 2.87 bits per heavy atom. The highest BCUT2D eigenvalue weighted by molar-refractivity contribution is 5.83. The lowest BCUT2D eigenvalue weighted by atomic mass is 10.1. The van der Waals surface area contributed by atoms with E-state index in [0.29, 0.717) is 13.0 Å². The maximum atomic E-state index is 11.9. The summed E-state index contributed by atoms with van der Waals surface area (Å²) < 4.78 is 1.72. The number of aryl methyl sites for hydroxylation is 2. The van der Waals surface area contributed by atoms with Gasteiger partial charge in [0.1, 0.15) is 5.52 Å². The quantitative estimate of drug-likeness (QED) is 0.580. The molecule has 0 spiro atoms. The van der Waals surface area contributed by atoms with Crippen LogP contribution >= 0.6 is 0 Å². The third-order valence-corrected chi connectivity index (χ3v) is 3.55. The number of carbonyl (C=O) groups excluding carboxylic acids is 1. The summed E-state index contributed by atoms with van der Waals surface area (Å²) in [5.74, 6) is -0.158. The number of nitrogens with zero attached hydrogens (tertiary/aromatic N) is 4. The molecular weight excluding hydrogens is 290 g/mol. The molecule has 1 heterocycles. The fourth-order valence-electron chi connectivity index (χ4n) is 2.25. The average molecular weight is 307 g/mol. The van der Waals surface area contributed by atoms with Gasteiger partial charge in [0.25, 0.3) is 0 Å². The summed E-state index contributed by atoms with van der Waals surface area (Å²) in [7, 11) is 0. The summed E-state index contributed by atoms with van der Waals surface area (Å²) in [6, 6.07) is 15.5. The summed E-state index contributed by atoms with van der Waals surface area (Å²) in [5.41, 5.74) is 6.37. The first-order valence-electron chi connectivity index (χ1n) is 7.40. The molecule has 0 saturated heterocycles. The fourth-order valence-corrected chi connectivity index (χ4v) is 2.25. The Labute approximate surface area is 133 Å². The third-order valence-electron chi connectivity index (χ3n) is 3.55. The summed E-state index contributed by atoms with van der Waals surface area (Å²) in [5, 5.41) is 12.1. The molecule has 0 fully saturated rings. The first kappa shape index (κ1) is 14.9. The smallest absolute Gasteiger partial charge is 0.241 e. The number of rotatable bonds is 5. The fraction of sp³-hybridized carbons (Fsp3) is 0.176. The number of para-hydroxylation sites is 1. The molecule has 116 valence electrons. The molecule has 6 heteroatoms. The van der Waals surface area contributed by atoms with E-state index in [0.717, 1.165) is 22.2 Å². The van der Waals surface area contributed by atoms with E-state index in [-0.39, 0.29) is 5.91 Å². The van der Waals surface area contributed by atoms with Crippen molar-refractivity contribution in [2.75, 3.05) is 0 Å². The van der Waals surface area contributed by atoms with Crippen molar-refractivity contribution in [2.45, 2.75) is 19.9 Å². The third kappa shape index (κ3) is 3.60. The first-order chi connectivity index (χ1) is 11.2. The molecule has 0 saturated carbocycles. The number of hydrogen-bond acceptors (Lipinski definition) is 4. The van der Waals surface area contributed by atoms with Gasteiger partial charge in [-0.05, 0) is 30.2 Å². The van der Waals surface area contributed by atoms with Gasteiger partial charge in [-0.3, -0.25) is 4.79 Å². The molecule has 2 aromatic carbocycles. The van der Waals surface area contributed by atoms with Gasteiger partial charge in [0.15, 0.2) is 0 Å². The summed E-state index contributed by atoms with van der Waals surface area (Å²) in [6.45, 7) is 2.46. The van der Waals surface area contributed by atoms with Crippen molar-refractivity contribution in [3.63, 3.8) is 0 Å². The molecule has 0 radical (unpaired) electrons. The lowest BCUT2D eigenvalue weighted by Gasteiger charge is -2.02. The second-order valence-electron chi connectivity index (χ2n) is 5.20. The second kappa shape index (κ2) is 6.83. The molecule has 0 bridgehead atoms. The molecular formula is C17H17N5O. The number of aromatic nitrogens is 3. The summed E-state index contributed by atoms with van der Waals surface area (Å²) in [4.78, 5) is 11.9. The second-order valence-corrected chi connectivity index (χ2v) is 5.20. The van der Waals surface area contributed by atoms with Gasteiger partial charge in [-0.1, -0.05) is 41.6 Å². The van der Waals surface area contributed by atoms with Crippen LogP contribution in [0.2, 0.25) is 0 Å². The van der Waals surface area contributed by atoms with Gasteiger partial charge in [-0.2, -0.15) is 5.10 Å². The number of amides is 1. The zero-order valence-electron chi connectivity index (χ0n) is 12.8. The van der Waals surface area contributed by atoms with Gasteiger partial charge in [0.2, 0.25) is 5.91 Å². The lowest BCUT2D eigenvalue weighted by Crippen LogP contribution is -2.19.